The maximum atomic E-state index is 12.0. The van der Waals surface area contributed by atoms with Gasteiger partial charge in [0.1, 0.15) is 0 Å². The van der Waals surface area contributed by atoms with Crippen LogP contribution in [-0.2, 0) is 20.9 Å². The van der Waals surface area contributed by atoms with Gasteiger partial charge in [0.15, 0.2) is 0 Å². The Balaban J connectivity index is 1.96. The minimum absolute atomic E-state index is 0.137. The lowest BCUT2D eigenvalue weighted by Crippen LogP contribution is -2.45. The van der Waals surface area contributed by atoms with E-state index in [4.69, 9.17) is 0 Å². The minimum atomic E-state index is -0.758. The third-order valence-corrected chi connectivity index (χ3v) is 3.36. The summed E-state index contributed by atoms with van der Waals surface area (Å²) in [6.45, 7) is 1.89. The first-order valence-electron chi connectivity index (χ1n) is 6.71. The molecule has 20 heavy (non-hydrogen) atoms. The Morgan fingerprint density at radius 2 is 2.00 bits per heavy atom. The fourth-order valence-corrected chi connectivity index (χ4v) is 1.88. The molecule has 0 aliphatic heterocycles. The van der Waals surface area contributed by atoms with Crippen LogP contribution in [0.3, 0.4) is 0 Å². The summed E-state index contributed by atoms with van der Waals surface area (Å²) >= 11 is 0. The topological polar surface area (TPSA) is 66.5 Å². The van der Waals surface area contributed by atoms with Crippen molar-refractivity contribution in [3.63, 3.8) is 0 Å². The second-order valence-electron chi connectivity index (χ2n) is 5.05. The van der Waals surface area contributed by atoms with Crippen molar-refractivity contribution >= 4 is 18.1 Å². The summed E-state index contributed by atoms with van der Waals surface area (Å²) in [6.07, 6.45) is 2.46. The number of rotatable bonds is 7. The van der Waals surface area contributed by atoms with Gasteiger partial charge in [0, 0.05) is 12.6 Å². The van der Waals surface area contributed by atoms with Crippen molar-refractivity contribution in [2.75, 3.05) is 0 Å². The van der Waals surface area contributed by atoms with E-state index in [9.17, 15) is 14.4 Å². The van der Waals surface area contributed by atoms with Gasteiger partial charge >= 0.3 is 0 Å². The first kappa shape index (κ1) is 14.2. The van der Waals surface area contributed by atoms with Crippen LogP contribution in [0, 0.1) is 0 Å². The van der Waals surface area contributed by atoms with Crippen molar-refractivity contribution in [2.24, 2.45) is 0 Å². The van der Waals surface area contributed by atoms with E-state index in [0.717, 1.165) is 18.4 Å². The molecule has 1 saturated carbocycles. The van der Waals surface area contributed by atoms with Crippen LogP contribution in [0.5, 0.6) is 0 Å². The quantitative estimate of drug-likeness (QED) is 0.593. The Morgan fingerprint density at radius 3 is 2.55 bits per heavy atom. The van der Waals surface area contributed by atoms with Gasteiger partial charge in [0.25, 0.3) is 5.91 Å². The number of amides is 2. The second kappa shape index (κ2) is 6.32. The van der Waals surface area contributed by atoms with Crippen molar-refractivity contribution in [1.82, 2.24) is 10.2 Å². The zero-order valence-corrected chi connectivity index (χ0v) is 11.4. The first-order chi connectivity index (χ1) is 9.61. The van der Waals surface area contributed by atoms with E-state index >= 15 is 0 Å². The van der Waals surface area contributed by atoms with Gasteiger partial charge in [-0.1, -0.05) is 30.3 Å². The van der Waals surface area contributed by atoms with Gasteiger partial charge < -0.3 is 10.2 Å². The summed E-state index contributed by atoms with van der Waals surface area (Å²) < 4.78 is 0. The molecule has 1 aliphatic carbocycles. The smallest absolute Gasteiger partial charge is 0.289 e. The molecule has 0 aromatic heterocycles. The average Bonchev–Trinajstić information content (AvgIpc) is 3.28. The SMILES string of the molecule is CC(C(=O)C(=O)NC1CC1)N(C=O)Cc1ccccc1. The number of hydrogen-bond donors (Lipinski definition) is 1. The second-order valence-corrected chi connectivity index (χ2v) is 5.05. The summed E-state index contributed by atoms with van der Waals surface area (Å²) in [6, 6.07) is 8.74. The summed E-state index contributed by atoms with van der Waals surface area (Å²) in [4.78, 5) is 36.2. The van der Waals surface area contributed by atoms with E-state index < -0.39 is 17.7 Å². The van der Waals surface area contributed by atoms with Crippen LogP contribution < -0.4 is 5.32 Å². The van der Waals surface area contributed by atoms with Gasteiger partial charge in [-0.2, -0.15) is 0 Å². The highest BCUT2D eigenvalue weighted by molar-refractivity contribution is 6.38. The van der Waals surface area contributed by atoms with Gasteiger partial charge in [-0.25, -0.2) is 0 Å². The van der Waals surface area contributed by atoms with Gasteiger partial charge in [-0.3, -0.25) is 14.4 Å². The molecule has 0 radical (unpaired) electrons. The normalized spacial score (nSPS) is 15.2. The number of hydrogen-bond acceptors (Lipinski definition) is 3. The number of carbonyl (C=O) groups is 3. The fourth-order valence-electron chi connectivity index (χ4n) is 1.88. The van der Waals surface area contributed by atoms with E-state index in [2.05, 4.69) is 5.32 Å². The van der Waals surface area contributed by atoms with E-state index in [-0.39, 0.29) is 6.04 Å². The fraction of sp³-hybridized carbons (Fsp3) is 0.400. The number of benzene rings is 1. The maximum Gasteiger partial charge on any atom is 0.289 e. The molecular formula is C15H18N2O3. The number of nitrogens with zero attached hydrogens (tertiary/aromatic N) is 1. The summed E-state index contributed by atoms with van der Waals surface area (Å²) in [5.41, 5.74) is 0.918. The third-order valence-electron chi connectivity index (χ3n) is 3.36. The van der Waals surface area contributed by atoms with Gasteiger partial charge in [0.2, 0.25) is 12.2 Å². The van der Waals surface area contributed by atoms with E-state index in [0.29, 0.717) is 13.0 Å². The number of nitrogens with one attached hydrogen (secondary N) is 1. The first-order valence-corrected chi connectivity index (χ1v) is 6.71. The molecule has 106 valence electrons. The van der Waals surface area contributed by atoms with Crippen LogP contribution in [-0.4, -0.2) is 35.1 Å². The van der Waals surface area contributed by atoms with Crippen molar-refractivity contribution < 1.29 is 14.4 Å². The van der Waals surface area contributed by atoms with Crippen molar-refractivity contribution in [3.05, 3.63) is 35.9 Å². The minimum Gasteiger partial charge on any atom is -0.347 e. The molecule has 1 unspecified atom stereocenters. The third kappa shape index (κ3) is 3.66. The predicted molar refractivity (Wildman–Crippen MR) is 73.7 cm³/mol. The van der Waals surface area contributed by atoms with Crippen LogP contribution in [0.1, 0.15) is 25.3 Å². The number of carbonyl (C=O) groups excluding carboxylic acids is 3. The molecule has 1 fully saturated rings. The molecule has 2 rings (SSSR count). The number of Topliss-reactive ketones (excluding diaryl/α,β-unsaturated/α-hetero) is 1. The monoisotopic (exact) mass is 274 g/mol. The average molecular weight is 274 g/mol. The molecule has 1 N–H and O–H groups in total. The van der Waals surface area contributed by atoms with E-state index in [1.165, 1.54) is 4.90 Å². The predicted octanol–water partition coefficient (Wildman–Crippen LogP) is 0.881. The highest BCUT2D eigenvalue weighted by Gasteiger charge is 2.30. The van der Waals surface area contributed by atoms with Gasteiger partial charge in [0.05, 0.1) is 6.04 Å². The lowest BCUT2D eigenvalue weighted by molar-refractivity contribution is -0.142. The Bertz CT molecular complexity index is 497. The van der Waals surface area contributed by atoms with Crippen molar-refractivity contribution in [2.45, 2.75) is 38.4 Å². The molecular weight excluding hydrogens is 256 g/mol. The molecule has 1 atom stereocenters. The molecule has 5 nitrogen and oxygen atoms in total. The highest BCUT2D eigenvalue weighted by Crippen LogP contribution is 2.18. The lowest BCUT2D eigenvalue weighted by atomic mass is 10.1. The molecule has 0 spiro atoms. The van der Waals surface area contributed by atoms with Crippen molar-refractivity contribution in [3.8, 4) is 0 Å². The van der Waals surface area contributed by atoms with Crippen molar-refractivity contribution in [1.29, 1.82) is 0 Å². The van der Waals surface area contributed by atoms with E-state index in [1.54, 1.807) is 6.92 Å². The molecule has 1 aliphatic rings. The molecule has 0 saturated heterocycles. The van der Waals surface area contributed by atoms with Crippen LogP contribution >= 0.6 is 0 Å². The van der Waals surface area contributed by atoms with Gasteiger partial charge in [-0.15, -0.1) is 0 Å². The van der Waals surface area contributed by atoms with Crippen LogP contribution in [0.4, 0.5) is 0 Å². The molecule has 2 amide bonds. The summed E-state index contributed by atoms with van der Waals surface area (Å²) in [7, 11) is 0. The molecule has 5 heteroatoms. The Kier molecular flexibility index (Phi) is 4.50. The Hall–Kier alpha value is -2.17. The van der Waals surface area contributed by atoms with E-state index in [1.807, 2.05) is 30.3 Å². The molecule has 1 aromatic rings. The largest absolute Gasteiger partial charge is 0.347 e. The summed E-state index contributed by atoms with van der Waals surface area (Å²) in [5, 5.41) is 2.65. The van der Waals surface area contributed by atoms with Crippen LogP contribution in [0.15, 0.2) is 30.3 Å². The number of ketones is 1. The van der Waals surface area contributed by atoms with Gasteiger partial charge in [-0.05, 0) is 25.3 Å². The van der Waals surface area contributed by atoms with Crippen LogP contribution in [0.25, 0.3) is 0 Å². The molecule has 0 heterocycles. The zero-order chi connectivity index (χ0) is 14.5. The molecule has 0 bridgehead atoms. The lowest BCUT2D eigenvalue weighted by Gasteiger charge is -2.23. The summed E-state index contributed by atoms with van der Waals surface area (Å²) in [5.74, 6) is -1.17. The maximum absolute atomic E-state index is 12.0. The standard InChI is InChI=1S/C15H18N2O3/c1-11(14(19)15(20)16-13-7-8-13)17(10-18)9-12-5-3-2-4-6-12/h2-6,10-11,13H,7-9H2,1H3,(H,16,20). The van der Waals surface area contributed by atoms with Crippen LogP contribution in [0.2, 0.25) is 0 Å². The Labute approximate surface area is 118 Å². The highest BCUT2D eigenvalue weighted by atomic mass is 16.2. The zero-order valence-electron chi connectivity index (χ0n) is 11.4. The Morgan fingerprint density at radius 1 is 1.35 bits per heavy atom. The molecule has 1 aromatic carbocycles.